The second-order valence-electron chi connectivity index (χ2n) is 4.64. The first-order valence-electron chi connectivity index (χ1n) is 6.38. The van der Waals surface area contributed by atoms with Gasteiger partial charge in [0, 0.05) is 0 Å². The molecule has 4 heteroatoms. The van der Waals surface area contributed by atoms with Crippen molar-refractivity contribution in [2.24, 2.45) is 4.99 Å². The number of isocyanates is 1. The Morgan fingerprint density at radius 2 is 1.65 bits per heavy atom. The molecule has 2 rings (SSSR count). The average molecular weight is 268 g/mol. The van der Waals surface area contributed by atoms with Gasteiger partial charge in [-0.25, -0.2) is 4.79 Å². The van der Waals surface area contributed by atoms with Crippen molar-refractivity contribution in [3.8, 4) is 0 Å². The summed E-state index contributed by atoms with van der Waals surface area (Å²) in [4.78, 5) is 13.7. The first-order valence-corrected chi connectivity index (χ1v) is 6.38. The Morgan fingerprint density at radius 1 is 1.10 bits per heavy atom. The molecule has 0 aliphatic carbocycles. The molecule has 2 N–H and O–H groups in total. The predicted molar refractivity (Wildman–Crippen MR) is 76.8 cm³/mol. The first kappa shape index (κ1) is 14.2. The summed E-state index contributed by atoms with van der Waals surface area (Å²) >= 11 is 0. The SMILES string of the molecule is CC(NO)c1ccc(Cc2ccc(N=C=O)cc2)cc1. The van der Waals surface area contributed by atoms with Crippen molar-refractivity contribution >= 4 is 11.8 Å². The van der Waals surface area contributed by atoms with Crippen molar-refractivity contribution in [3.05, 3.63) is 65.2 Å². The highest BCUT2D eigenvalue weighted by Gasteiger charge is 2.03. The van der Waals surface area contributed by atoms with Crippen molar-refractivity contribution in [3.63, 3.8) is 0 Å². The molecule has 0 aliphatic rings. The summed E-state index contributed by atoms with van der Waals surface area (Å²) in [5, 5.41) is 8.88. The molecule has 0 spiro atoms. The van der Waals surface area contributed by atoms with E-state index in [1.54, 1.807) is 12.1 Å². The topological polar surface area (TPSA) is 61.7 Å². The van der Waals surface area contributed by atoms with Gasteiger partial charge in [0.15, 0.2) is 0 Å². The molecule has 102 valence electrons. The van der Waals surface area contributed by atoms with Crippen LogP contribution in [0.5, 0.6) is 0 Å². The van der Waals surface area contributed by atoms with Crippen LogP contribution in [0.4, 0.5) is 5.69 Å². The molecule has 2 aromatic carbocycles. The minimum Gasteiger partial charge on any atom is -0.316 e. The number of carbonyl (C=O) groups excluding carboxylic acids is 1. The van der Waals surface area contributed by atoms with Crippen molar-refractivity contribution < 1.29 is 10.0 Å². The van der Waals surface area contributed by atoms with Gasteiger partial charge in [-0.3, -0.25) is 0 Å². The lowest BCUT2D eigenvalue weighted by Crippen LogP contribution is -2.12. The van der Waals surface area contributed by atoms with Gasteiger partial charge in [-0.15, -0.1) is 0 Å². The maximum Gasteiger partial charge on any atom is 0.240 e. The lowest BCUT2D eigenvalue weighted by Gasteiger charge is -2.10. The Morgan fingerprint density at radius 3 is 2.15 bits per heavy atom. The minimum atomic E-state index is -0.0791. The second-order valence-corrected chi connectivity index (χ2v) is 4.64. The number of benzene rings is 2. The molecule has 0 bridgehead atoms. The van der Waals surface area contributed by atoms with Crippen LogP contribution in [0.25, 0.3) is 0 Å². The second kappa shape index (κ2) is 6.78. The third-order valence-electron chi connectivity index (χ3n) is 3.19. The van der Waals surface area contributed by atoms with Gasteiger partial charge in [-0.1, -0.05) is 36.4 Å². The Bertz CT molecular complexity index is 599. The van der Waals surface area contributed by atoms with Crippen LogP contribution in [0.15, 0.2) is 53.5 Å². The fourth-order valence-electron chi connectivity index (χ4n) is 1.98. The van der Waals surface area contributed by atoms with Crippen LogP contribution in [0.2, 0.25) is 0 Å². The third kappa shape index (κ3) is 3.62. The maximum atomic E-state index is 10.1. The summed E-state index contributed by atoms with van der Waals surface area (Å²) in [5.41, 5.74) is 6.21. The molecule has 1 atom stereocenters. The van der Waals surface area contributed by atoms with Crippen LogP contribution in [0.1, 0.15) is 29.7 Å². The van der Waals surface area contributed by atoms with Crippen molar-refractivity contribution in [1.82, 2.24) is 5.48 Å². The van der Waals surface area contributed by atoms with Gasteiger partial charge in [0.05, 0.1) is 11.7 Å². The summed E-state index contributed by atoms with van der Waals surface area (Å²) in [6.45, 7) is 1.89. The number of hydrogen-bond donors (Lipinski definition) is 2. The van der Waals surface area contributed by atoms with Crippen LogP contribution < -0.4 is 5.48 Å². The number of rotatable bonds is 5. The van der Waals surface area contributed by atoms with E-state index in [1.807, 2.05) is 43.3 Å². The Labute approximate surface area is 117 Å². The van der Waals surface area contributed by atoms with E-state index in [9.17, 15) is 4.79 Å². The third-order valence-corrected chi connectivity index (χ3v) is 3.19. The largest absolute Gasteiger partial charge is 0.316 e. The van der Waals surface area contributed by atoms with Crippen LogP contribution in [-0.2, 0) is 11.2 Å². The molecular weight excluding hydrogens is 252 g/mol. The van der Waals surface area contributed by atoms with E-state index in [0.29, 0.717) is 5.69 Å². The van der Waals surface area contributed by atoms with Gasteiger partial charge in [0.2, 0.25) is 6.08 Å². The zero-order chi connectivity index (χ0) is 14.4. The predicted octanol–water partition coefficient (Wildman–Crippen LogP) is 3.28. The number of hydrogen-bond acceptors (Lipinski definition) is 4. The summed E-state index contributed by atoms with van der Waals surface area (Å²) in [6, 6.07) is 15.5. The molecule has 0 saturated heterocycles. The highest BCUT2D eigenvalue weighted by molar-refractivity contribution is 5.49. The van der Waals surface area contributed by atoms with E-state index in [4.69, 9.17) is 5.21 Å². The van der Waals surface area contributed by atoms with E-state index in [2.05, 4.69) is 10.5 Å². The van der Waals surface area contributed by atoms with Gasteiger partial charge < -0.3 is 5.21 Å². The van der Waals surface area contributed by atoms with Crippen molar-refractivity contribution in [2.45, 2.75) is 19.4 Å². The standard InChI is InChI=1S/C16H16N2O2/c1-12(18-20)15-6-2-13(3-7-15)10-14-4-8-16(9-5-14)17-11-19/h2-9,12,18,20H,10H2,1H3. The molecule has 0 aromatic heterocycles. The summed E-state index contributed by atoms with van der Waals surface area (Å²) < 4.78 is 0. The smallest absolute Gasteiger partial charge is 0.240 e. The normalized spacial score (nSPS) is 11.7. The van der Waals surface area contributed by atoms with Crippen LogP contribution in [0.3, 0.4) is 0 Å². The summed E-state index contributed by atoms with van der Waals surface area (Å²) in [5.74, 6) is 0. The Kier molecular flexibility index (Phi) is 4.80. The van der Waals surface area contributed by atoms with E-state index in [-0.39, 0.29) is 6.04 Å². The quantitative estimate of drug-likeness (QED) is 0.497. The van der Waals surface area contributed by atoms with E-state index in [1.165, 1.54) is 11.6 Å². The van der Waals surface area contributed by atoms with Gasteiger partial charge in [-0.2, -0.15) is 10.5 Å². The molecule has 0 aliphatic heterocycles. The van der Waals surface area contributed by atoms with Gasteiger partial charge >= 0.3 is 0 Å². The molecule has 0 fully saturated rings. The van der Waals surface area contributed by atoms with Crippen LogP contribution in [0, 0.1) is 0 Å². The first-order chi connectivity index (χ1) is 9.72. The van der Waals surface area contributed by atoms with Crippen LogP contribution >= 0.6 is 0 Å². The monoisotopic (exact) mass is 268 g/mol. The van der Waals surface area contributed by atoms with E-state index >= 15 is 0 Å². The van der Waals surface area contributed by atoms with Crippen molar-refractivity contribution in [2.75, 3.05) is 0 Å². The Hall–Kier alpha value is -2.26. The maximum absolute atomic E-state index is 10.1. The molecule has 0 radical (unpaired) electrons. The average Bonchev–Trinajstić information content (AvgIpc) is 2.49. The number of aliphatic imine (C=N–C) groups is 1. The molecule has 20 heavy (non-hydrogen) atoms. The molecular formula is C16H16N2O2. The van der Waals surface area contributed by atoms with E-state index < -0.39 is 0 Å². The lowest BCUT2D eigenvalue weighted by atomic mass is 10.0. The highest BCUT2D eigenvalue weighted by Crippen LogP contribution is 2.17. The molecule has 0 saturated carbocycles. The lowest BCUT2D eigenvalue weighted by molar-refractivity contribution is 0.133. The fourth-order valence-corrected chi connectivity index (χ4v) is 1.98. The number of nitrogens with one attached hydrogen (secondary N) is 1. The summed E-state index contributed by atoms with van der Waals surface area (Å²) in [7, 11) is 0. The molecule has 1 unspecified atom stereocenters. The zero-order valence-electron chi connectivity index (χ0n) is 11.2. The minimum absolute atomic E-state index is 0.0791. The van der Waals surface area contributed by atoms with E-state index in [0.717, 1.165) is 17.5 Å². The van der Waals surface area contributed by atoms with Gasteiger partial charge in [0.1, 0.15) is 0 Å². The summed E-state index contributed by atoms with van der Waals surface area (Å²) in [6.07, 6.45) is 2.34. The highest BCUT2D eigenvalue weighted by atomic mass is 16.5. The van der Waals surface area contributed by atoms with Crippen LogP contribution in [-0.4, -0.2) is 11.3 Å². The number of nitrogens with zero attached hydrogens (tertiary/aromatic N) is 1. The van der Waals surface area contributed by atoms with Crippen molar-refractivity contribution in [1.29, 1.82) is 0 Å². The Balaban J connectivity index is 2.07. The molecule has 4 nitrogen and oxygen atoms in total. The zero-order valence-corrected chi connectivity index (χ0v) is 11.2. The fraction of sp³-hybridized carbons (Fsp3) is 0.188. The van der Waals surface area contributed by atoms with Gasteiger partial charge in [0.25, 0.3) is 0 Å². The molecule has 0 amide bonds. The molecule has 2 aromatic rings. The number of hydroxylamine groups is 1. The van der Waals surface area contributed by atoms with Gasteiger partial charge in [-0.05, 0) is 42.2 Å². The molecule has 0 heterocycles.